The molecule has 1 aromatic heterocycles. The Kier molecular flexibility index (Phi) is 3.99. The van der Waals surface area contributed by atoms with Crippen LogP contribution in [0.15, 0.2) is 30.6 Å². The van der Waals surface area contributed by atoms with Crippen LogP contribution in [0.1, 0.15) is 16.7 Å². The third kappa shape index (κ3) is 2.90. The summed E-state index contributed by atoms with van der Waals surface area (Å²) >= 11 is 0. The van der Waals surface area contributed by atoms with E-state index in [2.05, 4.69) is 23.4 Å². The molecule has 0 bridgehead atoms. The molecule has 0 atom stereocenters. The number of aryl methyl sites for hydroxylation is 2. The normalized spacial score (nSPS) is 10.6. The molecule has 0 saturated carbocycles. The van der Waals surface area contributed by atoms with E-state index in [1.807, 2.05) is 36.3 Å². The van der Waals surface area contributed by atoms with Gasteiger partial charge in [0.15, 0.2) is 0 Å². The van der Waals surface area contributed by atoms with Crippen LogP contribution in [0.4, 0.5) is 0 Å². The summed E-state index contributed by atoms with van der Waals surface area (Å²) < 4.78 is 7.19. The monoisotopic (exact) mass is 245 g/mol. The van der Waals surface area contributed by atoms with Crippen LogP contribution >= 0.6 is 0 Å². The highest BCUT2D eigenvalue weighted by Crippen LogP contribution is 2.21. The molecule has 0 fully saturated rings. The van der Waals surface area contributed by atoms with Crippen LogP contribution in [0.25, 0.3) is 0 Å². The van der Waals surface area contributed by atoms with E-state index in [4.69, 9.17) is 4.74 Å². The lowest BCUT2D eigenvalue weighted by atomic mass is 10.1. The lowest BCUT2D eigenvalue weighted by molar-refractivity contribution is 0.407. The molecule has 0 amide bonds. The second-order valence-corrected chi connectivity index (χ2v) is 4.38. The maximum absolute atomic E-state index is 5.38. The van der Waals surface area contributed by atoms with Crippen LogP contribution in [-0.4, -0.2) is 16.9 Å². The van der Waals surface area contributed by atoms with Gasteiger partial charge in [0.2, 0.25) is 0 Å². The average molecular weight is 245 g/mol. The van der Waals surface area contributed by atoms with Gasteiger partial charge in [-0.15, -0.1) is 0 Å². The molecule has 0 aliphatic rings. The molecule has 4 nitrogen and oxygen atoms in total. The fraction of sp³-hybridized carbons (Fsp3) is 0.357. The lowest BCUT2D eigenvalue weighted by Crippen LogP contribution is -2.14. The Morgan fingerprint density at radius 3 is 2.83 bits per heavy atom. The summed E-state index contributed by atoms with van der Waals surface area (Å²) in [5.74, 6) is 0.939. The molecule has 18 heavy (non-hydrogen) atoms. The highest BCUT2D eigenvalue weighted by molar-refractivity contribution is 5.39. The molecule has 0 aliphatic heterocycles. The van der Waals surface area contributed by atoms with Gasteiger partial charge in [0.1, 0.15) is 5.75 Å². The van der Waals surface area contributed by atoms with E-state index < -0.39 is 0 Å². The summed E-state index contributed by atoms with van der Waals surface area (Å²) in [6.07, 6.45) is 3.89. The van der Waals surface area contributed by atoms with Gasteiger partial charge in [0.25, 0.3) is 0 Å². The zero-order chi connectivity index (χ0) is 13.0. The van der Waals surface area contributed by atoms with Crippen molar-refractivity contribution in [1.29, 1.82) is 0 Å². The van der Waals surface area contributed by atoms with Crippen molar-refractivity contribution in [2.24, 2.45) is 7.05 Å². The molecule has 0 unspecified atom stereocenters. The average Bonchev–Trinajstić information content (AvgIpc) is 2.77. The van der Waals surface area contributed by atoms with Gasteiger partial charge in [-0.1, -0.05) is 12.1 Å². The summed E-state index contributed by atoms with van der Waals surface area (Å²) in [5.41, 5.74) is 3.64. The zero-order valence-electron chi connectivity index (χ0n) is 11.1. The first kappa shape index (κ1) is 12.6. The lowest BCUT2D eigenvalue weighted by Gasteiger charge is -2.11. The third-order valence-electron chi connectivity index (χ3n) is 2.98. The predicted octanol–water partition coefficient (Wildman–Crippen LogP) is 2.03. The van der Waals surface area contributed by atoms with Gasteiger partial charge in [-0.25, -0.2) is 0 Å². The quantitative estimate of drug-likeness (QED) is 0.876. The summed E-state index contributed by atoms with van der Waals surface area (Å²) in [5, 5.41) is 7.56. The third-order valence-corrected chi connectivity index (χ3v) is 2.98. The summed E-state index contributed by atoms with van der Waals surface area (Å²) in [6.45, 7) is 3.71. The number of hydrogen-bond donors (Lipinski definition) is 1. The number of methoxy groups -OCH3 is 1. The highest BCUT2D eigenvalue weighted by Gasteiger charge is 2.05. The Bertz CT molecular complexity index is 520. The fourth-order valence-corrected chi connectivity index (χ4v) is 1.99. The number of aromatic nitrogens is 2. The number of rotatable bonds is 5. The molecular formula is C14H19N3O. The van der Waals surface area contributed by atoms with Crippen LogP contribution in [0.2, 0.25) is 0 Å². The van der Waals surface area contributed by atoms with Crippen molar-refractivity contribution in [2.45, 2.75) is 20.0 Å². The Balaban J connectivity index is 1.98. The topological polar surface area (TPSA) is 39.1 Å². The minimum atomic E-state index is 0.796. The van der Waals surface area contributed by atoms with Crippen molar-refractivity contribution in [3.05, 3.63) is 47.3 Å². The zero-order valence-corrected chi connectivity index (χ0v) is 11.1. The minimum Gasteiger partial charge on any atom is -0.496 e. The highest BCUT2D eigenvalue weighted by atomic mass is 16.5. The van der Waals surface area contributed by atoms with E-state index in [0.717, 1.165) is 18.8 Å². The van der Waals surface area contributed by atoms with Crippen molar-refractivity contribution in [3.63, 3.8) is 0 Å². The molecular weight excluding hydrogens is 226 g/mol. The van der Waals surface area contributed by atoms with Crippen LogP contribution in [0.5, 0.6) is 5.75 Å². The van der Waals surface area contributed by atoms with E-state index >= 15 is 0 Å². The number of hydrogen-bond acceptors (Lipinski definition) is 3. The summed E-state index contributed by atoms with van der Waals surface area (Å²) in [6, 6.07) is 6.11. The predicted molar refractivity (Wildman–Crippen MR) is 71.5 cm³/mol. The van der Waals surface area contributed by atoms with Crippen LogP contribution in [0.3, 0.4) is 0 Å². The standard InChI is InChI=1S/C14H19N3O/c1-11-5-4-6-14(18-3)13(11)9-15-7-12-8-16-17(2)10-12/h4-6,8,10,15H,7,9H2,1-3H3. The van der Waals surface area contributed by atoms with Gasteiger partial charge in [0, 0.05) is 37.5 Å². The maximum atomic E-state index is 5.38. The van der Waals surface area contributed by atoms with Crippen molar-refractivity contribution in [3.8, 4) is 5.75 Å². The molecule has 0 radical (unpaired) electrons. The maximum Gasteiger partial charge on any atom is 0.123 e. The van der Waals surface area contributed by atoms with Crippen LogP contribution in [0, 0.1) is 6.92 Å². The van der Waals surface area contributed by atoms with E-state index in [1.54, 1.807) is 7.11 Å². The van der Waals surface area contributed by atoms with Gasteiger partial charge in [-0.2, -0.15) is 5.10 Å². The Morgan fingerprint density at radius 2 is 2.17 bits per heavy atom. The van der Waals surface area contributed by atoms with Gasteiger partial charge in [-0.3, -0.25) is 4.68 Å². The molecule has 0 spiro atoms. The molecule has 4 heteroatoms. The second-order valence-electron chi connectivity index (χ2n) is 4.38. The number of benzene rings is 1. The first-order valence-electron chi connectivity index (χ1n) is 6.01. The second kappa shape index (κ2) is 5.69. The van der Waals surface area contributed by atoms with E-state index in [0.29, 0.717) is 0 Å². The van der Waals surface area contributed by atoms with Gasteiger partial charge < -0.3 is 10.1 Å². The van der Waals surface area contributed by atoms with E-state index in [1.165, 1.54) is 16.7 Å². The van der Waals surface area contributed by atoms with E-state index in [-0.39, 0.29) is 0 Å². The largest absolute Gasteiger partial charge is 0.496 e. The molecule has 1 N–H and O–H groups in total. The van der Waals surface area contributed by atoms with Gasteiger partial charge >= 0.3 is 0 Å². The summed E-state index contributed by atoms with van der Waals surface area (Å²) in [4.78, 5) is 0. The first-order valence-corrected chi connectivity index (χ1v) is 6.01. The van der Waals surface area contributed by atoms with Gasteiger partial charge in [-0.05, 0) is 18.6 Å². The summed E-state index contributed by atoms with van der Waals surface area (Å²) in [7, 11) is 3.63. The Hall–Kier alpha value is -1.81. The molecule has 2 aromatic rings. The fourth-order valence-electron chi connectivity index (χ4n) is 1.99. The smallest absolute Gasteiger partial charge is 0.123 e. The number of nitrogens with one attached hydrogen (secondary N) is 1. The molecule has 0 saturated heterocycles. The van der Waals surface area contributed by atoms with Crippen LogP contribution in [-0.2, 0) is 20.1 Å². The minimum absolute atomic E-state index is 0.796. The Morgan fingerprint density at radius 1 is 1.33 bits per heavy atom. The van der Waals surface area contributed by atoms with Crippen molar-refractivity contribution in [1.82, 2.24) is 15.1 Å². The van der Waals surface area contributed by atoms with E-state index in [9.17, 15) is 0 Å². The van der Waals surface area contributed by atoms with Crippen LogP contribution < -0.4 is 10.1 Å². The molecule has 1 aromatic carbocycles. The molecule has 96 valence electrons. The van der Waals surface area contributed by atoms with Crippen molar-refractivity contribution in [2.75, 3.05) is 7.11 Å². The van der Waals surface area contributed by atoms with Crippen molar-refractivity contribution < 1.29 is 4.74 Å². The first-order chi connectivity index (χ1) is 8.70. The molecule has 1 heterocycles. The number of nitrogens with zero attached hydrogens (tertiary/aromatic N) is 2. The van der Waals surface area contributed by atoms with Gasteiger partial charge in [0.05, 0.1) is 13.3 Å². The Labute approximate surface area is 108 Å². The SMILES string of the molecule is COc1cccc(C)c1CNCc1cnn(C)c1. The van der Waals surface area contributed by atoms with Crippen molar-refractivity contribution >= 4 is 0 Å². The number of ether oxygens (including phenoxy) is 1. The molecule has 0 aliphatic carbocycles. The molecule has 2 rings (SSSR count).